The molecule has 1 heterocycles. The zero-order valence-corrected chi connectivity index (χ0v) is 12.2. The summed E-state index contributed by atoms with van der Waals surface area (Å²) in [6, 6.07) is 5.24. The van der Waals surface area contributed by atoms with E-state index in [4.69, 9.17) is 4.74 Å². The molecule has 0 amide bonds. The van der Waals surface area contributed by atoms with Crippen LogP contribution in [0.2, 0.25) is 0 Å². The summed E-state index contributed by atoms with van der Waals surface area (Å²) < 4.78 is 42.9. The van der Waals surface area contributed by atoms with Crippen molar-refractivity contribution in [1.82, 2.24) is 0 Å². The van der Waals surface area contributed by atoms with Crippen molar-refractivity contribution in [3.63, 3.8) is 0 Å². The zero-order valence-electron chi connectivity index (χ0n) is 11.3. The predicted octanol–water partition coefficient (Wildman–Crippen LogP) is 2.91. The highest BCUT2D eigenvalue weighted by Gasteiger charge is 2.29. The first kappa shape index (κ1) is 13.9. The van der Waals surface area contributed by atoms with E-state index in [1.165, 1.54) is 0 Å². The molecule has 1 aromatic rings. The van der Waals surface area contributed by atoms with Gasteiger partial charge < -0.3 is 4.74 Å². The minimum absolute atomic E-state index is 0.0160. The van der Waals surface area contributed by atoms with Crippen molar-refractivity contribution in [1.29, 1.82) is 0 Å². The van der Waals surface area contributed by atoms with E-state index in [0.717, 1.165) is 24.8 Å². The maximum atomic E-state index is 14.2. The zero-order chi connectivity index (χ0) is 14.2. The largest absolute Gasteiger partial charge is 0.490 e. The first-order valence-electron chi connectivity index (χ1n) is 7.17. The van der Waals surface area contributed by atoms with Crippen LogP contribution in [0.3, 0.4) is 0 Å². The number of halogens is 1. The van der Waals surface area contributed by atoms with Gasteiger partial charge in [0.1, 0.15) is 0 Å². The molecule has 0 N–H and O–H groups in total. The monoisotopic (exact) mass is 298 g/mol. The molecule has 1 aliphatic heterocycles. The number of hydrogen-bond donors (Lipinski definition) is 0. The first-order chi connectivity index (χ1) is 9.55. The van der Waals surface area contributed by atoms with Gasteiger partial charge in [-0.05, 0) is 43.2 Å². The van der Waals surface area contributed by atoms with Gasteiger partial charge in [0.25, 0.3) is 0 Å². The Hall–Kier alpha value is -1.10. The SMILES string of the molecule is O=S1(=O)CCCC(COc2cccc(C3CC3)c2F)C1. The van der Waals surface area contributed by atoms with Crippen molar-refractivity contribution in [3.8, 4) is 5.75 Å². The van der Waals surface area contributed by atoms with E-state index in [-0.39, 0.29) is 35.6 Å². The maximum absolute atomic E-state index is 14.2. The molecule has 5 heteroatoms. The van der Waals surface area contributed by atoms with Gasteiger partial charge in [-0.1, -0.05) is 12.1 Å². The molecule has 0 radical (unpaired) electrons. The molecular formula is C15H19FO3S. The molecule has 1 aromatic carbocycles. The summed E-state index contributed by atoms with van der Waals surface area (Å²) in [6.07, 6.45) is 3.60. The van der Waals surface area contributed by atoms with Crippen LogP contribution in [0.5, 0.6) is 5.75 Å². The third-order valence-corrected chi connectivity index (χ3v) is 5.93. The topological polar surface area (TPSA) is 43.4 Å². The summed E-state index contributed by atoms with van der Waals surface area (Å²) in [5.74, 6) is 0.753. The Morgan fingerprint density at radius 3 is 2.75 bits per heavy atom. The number of rotatable bonds is 4. The number of benzene rings is 1. The van der Waals surface area contributed by atoms with Crippen LogP contribution in [-0.4, -0.2) is 26.5 Å². The van der Waals surface area contributed by atoms with Crippen LogP contribution in [0.4, 0.5) is 4.39 Å². The predicted molar refractivity (Wildman–Crippen MR) is 75.2 cm³/mol. The van der Waals surface area contributed by atoms with E-state index in [2.05, 4.69) is 0 Å². The molecule has 110 valence electrons. The highest BCUT2D eigenvalue weighted by Crippen LogP contribution is 2.42. The van der Waals surface area contributed by atoms with Crippen LogP contribution in [0.25, 0.3) is 0 Å². The summed E-state index contributed by atoms with van der Waals surface area (Å²) >= 11 is 0. The van der Waals surface area contributed by atoms with E-state index >= 15 is 0 Å². The Morgan fingerprint density at radius 2 is 2.05 bits per heavy atom. The van der Waals surface area contributed by atoms with E-state index < -0.39 is 9.84 Å². The lowest BCUT2D eigenvalue weighted by molar-refractivity contribution is 0.239. The summed E-state index contributed by atoms with van der Waals surface area (Å²) in [4.78, 5) is 0. The quantitative estimate of drug-likeness (QED) is 0.858. The van der Waals surface area contributed by atoms with E-state index in [0.29, 0.717) is 12.3 Å². The molecule has 2 aliphatic rings. The molecule has 1 saturated carbocycles. The average Bonchev–Trinajstić information content (AvgIpc) is 3.21. The van der Waals surface area contributed by atoms with Crippen molar-refractivity contribution >= 4 is 9.84 Å². The van der Waals surface area contributed by atoms with Crippen molar-refractivity contribution < 1.29 is 17.5 Å². The fourth-order valence-corrected chi connectivity index (χ4v) is 4.56. The summed E-state index contributed by atoms with van der Waals surface area (Å²) in [5.41, 5.74) is 0.735. The summed E-state index contributed by atoms with van der Waals surface area (Å²) in [7, 11) is -2.93. The lowest BCUT2D eigenvalue weighted by Gasteiger charge is -2.22. The standard InChI is InChI=1S/C15H19FO3S/c16-15-13(12-6-7-12)4-1-5-14(15)19-9-11-3-2-8-20(17,18)10-11/h1,4-5,11-12H,2-3,6-10H2. The van der Waals surface area contributed by atoms with Crippen molar-refractivity contribution in [2.75, 3.05) is 18.1 Å². The first-order valence-corrected chi connectivity index (χ1v) is 8.99. The molecule has 0 spiro atoms. The molecule has 1 saturated heterocycles. The fraction of sp³-hybridized carbons (Fsp3) is 0.600. The molecule has 3 nitrogen and oxygen atoms in total. The van der Waals surface area contributed by atoms with Gasteiger partial charge in [0.05, 0.1) is 18.1 Å². The van der Waals surface area contributed by atoms with Gasteiger partial charge in [-0.3, -0.25) is 0 Å². The highest BCUT2D eigenvalue weighted by molar-refractivity contribution is 7.91. The summed E-state index contributed by atoms with van der Waals surface area (Å²) in [6.45, 7) is 0.282. The van der Waals surface area contributed by atoms with Crippen molar-refractivity contribution in [2.45, 2.75) is 31.6 Å². The number of hydrogen-bond acceptors (Lipinski definition) is 3. The smallest absolute Gasteiger partial charge is 0.168 e. The van der Waals surface area contributed by atoms with Crippen LogP contribution < -0.4 is 4.74 Å². The Morgan fingerprint density at radius 1 is 1.25 bits per heavy atom. The fourth-order valence-electron chi connectivity index (χ4n) is 2.81. The van der Waals surface area contributed by atoms with Gasteiger partial charge in [-0.15, -0.1) is 0 Å². The average molecular weight is 298 g/mol. The van der Waals surface area contributed by atoms with Crippen LogP contribution in [0.1, 0.15) is 37.2 Å². The summed E-state index contributed by atoms with van der Waals surface area (Å²) in [5, 5.41) is 0. The van der Waals surface area contributed by atoms with Gasteiger partial charge in [0, 0.05) is 5.92 Å². The second kappa shape index (κ2) is 5.35. The van der Waals surface area contributed by atoms with Gasteiger partial charge in [0.15, 0.2) is 21.4 Å². The van der Waals surface area contributed by atoms with Gasteiger partial charge in [0.2, 0.25) is 0 Å². The normalized spacial score (nSPS) is 25.4. The van der Waals surface area contributed by atoms with Crippen LogP contribution in [0.15, 0.2) is 18.2 Å². The third kappa shape index (κ3) is 3.14. The Bertz CT molecular complexity index is 593. The van der Waals surface area contributed by atoms with Gasteiger partial charge in [-0.2, -0.15) is 0 Å². The number of sulfone groups is 1. The Labute approximate surface area is 119 Å². The molecule has 0 bridgehead atoms. The second-order valence-electron chi connectivity index (χ2n) is 5.87. The second-order valence-corrected chi connectivity index (χ2v) is 8.10. The number of ether oxygens (including phenoxy) is 1. The molecule has 1 unspecified atom stereocenters. The molecule has 1 aliphatic carbocycles. The minimum atomic E-state index is -2.93. The van der Waals surface area contributed by atoms with E-state index in [9.17, 15) is 12.8 Å². The van der Waals surface area contributed by atoms with E-state index in [1.807, 2.05) is 12.1 Å². The van der Waals surface area contributed by atoms with Crippen LogP contribution in [-0.2, 0) is 9.84 Å². The molecule has 2 fully saturated rings. The third-order valence-electron chi connectivity index (χ3n) is 4.04. The maximum Gasteiger partial charge on any atom is 0.168 e. The van der Waals surface area contributed by atoms with E-state index in [1.54, 1.807) is 6.07 Å². The Balaban J connectivity index is 1.65. The minimum Gasteiger partial charge on any atom is -0.490 e. The lowest BCUT2D eigenvalue weighted by Crippen LogP contribution is -2.29. The molecule has 0 aromatic heterocycles. The molecule has 1 atom stereocenters. The van der Waals surface area contributed by atoms with Crippen LogP contribution in [0, 0.1) is 11.7 Å². The van der Waals surface area contributed by atoms with Crippen LogP contribution >= 0.6 is 0 Å². The molecular weight excluding hydrogens is 279 g/mol. The lowest BCUT2D eigenvalue weighted by atomic mass is 10.1. The van der Waals surface area contributed by atoms with Gasteiger partial charge in [-0.25, -0.2) is 12.8 Å². The Kier molecular flexibility index (Phi) is 3.71. The van der Waals surface area contributed by atoms with Gasteiger partial charge >= 0.3 is 0 Å². The van der Waals surface area contributed by atoms with Crippen molar-refractivity contribution in [3.05, 3.63) is 29.6 Å². The molecule has 3 rings (SSSR count). The molecule has 20 heavy (non-hydrogen) atoms. The van der Waals surface area contributed by atoms with Crippen molar-refractivity contribution in [2.24, 2.45) is 5.92 Å². The highest BCUT2D eigenvalue weighted by atomic mass is 32.2.